The number of aliphatic hydroxyl groups excluding tert-OH is 1. The van der Waals surface area contributed by atoms with Crippen LogP contribution in [0.4, 0.5) is 0 Å². The van der Waals surface area contributed by atoms with Crippen molar-refractivity contribution in [2.45, 2.75) is 12.0 Å². The molecule has 2 rings (SSSR count). The number of hydrogen-bond donors (Lipinski definition) is 2. The fourth-order valence-electron chi connectivity index (χ4n) is 1.97. The van der Waals surface area contributed by atoms with E-state index < -0.39 is 6.10 Å². The van der Waals surface area contributed by atoms with Crippen LogP contribution < -0.4 is 5.73 Å². The zero-order valence-corrected chi connectivity index (χ0v) is 12.5. The molecule has 0 saturated carbocycles. The molecule has 0 bridgehead atoms. The van der Waals surface area contributed by atoms with Crippen molar-refractivity contribution in [3.63, 3.8) is 0 Å². The molecule has 0 aliphatic carbocycles. The molecule has 0 fully saturated rings. The number of nitrogens with zero attached hydrogens (tertiary/aromatic N) is 1. The molecule has 1 aromatic carbocycles. The second-order valence-electron chi connectivity index (χ2n) is 4.25. The highest BCUT2D eigenvalue weighted by atomic mass is 79.9. The number of aliphatic hydroxyl groups is 1. The van der Waals surface area contributed by atoms with Gasteiger partial charge in [-0.05, 0) is 45.3 Å². The molecule has 1 heterocycles. The lowest BCUT2D eigenvalue weighted by Crippen LogP contribution is -2.20. The number of rotatable bonds is 4. The van der Waals surface area contributed by atoms with Crippen molar-refractivity contribution in [2.24, 2.45) is 5.73 Å². The van der Waals surface area contributed by atoms with Crippen LogP contribution >= 0.6 is 27.5 Å². The van der Waals surface area contributed by atoms with E-state index in [0.717, 1.165) is 15.6 Å². The van der Waals surface area contributed by atoms with Gasteiger partial charge in [0.25, 0.3) is 0 Å². The Morgan fingerprint density at radius 3 is 2.68 bits per heavy atom. The molecule has 5 heteroatoms. The van der Waals surface area contributed by atoms with Gasteiger partial charge < -0.3 is 10.8 Å². The summed E-state index contributed by atoms with van der Waals surface area (Å²) in [4.78, 5) is 4.06. The van der Waals surface area contributed by atoms with Gasteiger partial charge in [0.2, 0.25) is 0 Å². The monoisotopic (exact) mass is 340 g/mol. The molecule has 0 spiro atoms. The number of aromatic nitrogens is 1. The fourth-order valence-corrected chi connectivity index (χ4v) is 2.41. The fraction of sp³-hybridized carbons (Fsp3) is 0.214. The molecule has 19 heavy (non-hydrogen) atoms. The van der Waals surface area contributed by atoms with Crippen LogP contribution in [0.3, 0.4) is 0 Å². The molecule has 0 aliphatic rings. The van der Waals surface area contributed by atoms with E-state index in [1.54, 1.807) is 18.5 Å². The molecular weight excluding hydrogens is 328 g/mol. The van der Waals surface area contributed by atoms with Crippen LogP contribution in [0.5, 0.6) is 0 Å². The number of pyridine rings is 1. The average Bonchev–Trinajstić information content (AvgIpc) is 2.44. The molecule has 1 aromatic heterocycles. The second-order valence-corrected chi connectivity index (χ2v) is 5.51. The highest BCUT2D eigenvalue weighted by Gasteiger charge is 2.22. The summed E-state index contributed by atoms with van der Waals surface area (Å²) < 4.78 is 0.802. The predicted molar refractivity (Wildman–Crippen MR) is 80.1 cm³/mol. The Morgan fingerprint density at radius 2 is 2.11 bits per heavy atom. The molecule has 0 radical (unpaired) electrons. The Kier molecular flexibility index (Phi) is 4.93. The largest absolute Gasteiger partial charge is 0.388 e. The van der Waals surface area contributed by atoms with E-state index in [4.69, 9.17) is 17.3 Å². The van der Waals surface area contributed by atoms with Gasteiger partial charge in [0, 0.05) is 29.3 Å². The molecule has 2 atom stereocenters. The van der Waals surface area contributed by atoms with Crippen LogP contribution in [0, 0.1) is 0 Å². The Balaban J connectivity index is 2.30. The summed E-state index contributed by atoms with van der Waals surface area (Å²) in [5, 5.41) is 11.0. The quantitative estimate of drug-likeness (QED) is 0.897. The van der Waals surface area contributed by atoms with Crippen LogP contribution in [0.1, 0.15) is 23.1 Å². The predicted octanol–water partition coefficient (Wildman–Crippen LogP) is 3.27. The normalized spacial score (nSPS) is 14.1. The highest BCUT2D eigenvalue weighted by Crippen LogP contribution is 2.33. The highest BCUT2D eigenvalue weighted by molar-refractivity contribution is 9.10. The number of halogens is 2. The van der Waals surface area contributed by atoms with Crippen LogP contribution in [0.2, 0.25) is 5.02 Å². The van der Waals surface area contributed by atoms with Gasteiger partial charge in [0.1, 0.15) is 0 Å². The van der Waals surface area contributed by atoms with Crippen molar-refractivity contribution in [3.8, 4) is 0 Å². The Bertz CT molecular complexity index is 550. The molecule has 0 saturated heterocycles. The van der Waals surface area contributed by atoms with Gasteiger partial charge in [-0.25, -0.2) is 0 Å². The van der Waals surface area contributed by atoms with Crippen molar-refractivity contribution in [1.29, 1.82) is 0 Å². The summed E-state index contributed by atoms with van der Waals surface area (Å²) in [6, 6.07) is 9.14. The van der Waals surface area contributed by atoms with Crippen LogP contribution in [-0.2, 0) is 0 Å². The third-order valence-electron chi connectivity index (χ3n) is 3.03. The van der Waals surface area contributed by atoms with Gasteiger partial charge in [-0.1, -0.05) is 23.7 Å². The van der Waals surface area contributed by atoms with Crippen molar-refractivity contribution < 1.29 is 5.11 Å². The van der Waals surface area contributed by atoms with Crippen LogP contribution in [0.15, 0.2) is 47.2 Å². The lowest BCUT2D eigenvalue weighted by atomic mass is 9.90. The maximum atomic E-state index is 10.5. The number of nitrogens with two attached hydrogens (primary N) is 1. The van der Waals surface area contributed by atoms with E-state index in [1.807, 2.05) is 24.3 Å². The van der Waals surface area contributed by atoms with Gasteiger partial charge in [-0.3, -0.25) is 4.98 Å². The summed E-state index contributed by atoms with van der Waals surface area (Å²) >= 11 is 9.38. The summed E-state index contributed by atoms with van der Waals surface area (Å²) in [5.41, 5.74) is 7.44. The third kappa shape index (κ3) is 3.34. The lowest BCUT2D eigenvalue weighted by molar-refractivity contribution is 0.147. The molecule has 3 nitrogen and oxygen atoms in total. The van der Waals surface area contributed by atoms with E-state index in [2.05, 4.69) is 20.9 Å². The van der Waals surface area contributed by atoms with E-state index in [0.29, 0.717) is 11.6 Å². The van der Waals surface area contributed by atoms with Crippen molar-refractivity contribution >= 4 is 27.5 Å². The summed E-state index contributed by atoms with van der Waals surface area (Å²) in [5.74, 6) is -0.203. The van der Waals surface area contributed by atoms with Gasteiger partial charge >= 0.3 is 0 Å². The van der Waals surface area contributed by atoms with Gasteiger partial charge in [-0.15, -0.1) is 0 Å². The first kappa shape index (κ1) is 14.5. The standard InChI is InChI=1S/C14H14BrClN2O/c15-12-4-3-9(6-13(12)16)14(19)11(7-17)10-2-1-5-18-8-10/h1-6,8,11,14,19H,7,17H2. The summed E-state index contributed by atoms with van der Waals surface area (Å²) in [6.45, 7) is 0.334. The third-order valence-corrected chi connectivity index (χ3v) is 4.27. The van der Waals surface area contributed by atoms with Crippen molar-refractivity contribution in [2.75, 3.05) is 6.54 Å². The molecule has 2 unspecified atom stereocenters. The first-order valence-electron chi connectivity index (χ1n) is 5.86. The molecular formula is C14H14BrClN2O. The van der Waals surface area contributed by atoms with Crippen molar-refractivity contribution in [1.82, 2.24) is 4.98 Å². The molecule has 3 N–H and O–H groups in total. The van der Waals surface area contributed by atoms with Gasteiger partial charge in [0.15, 0.2) is 0 Å². The van der Waals surface area contributed by atoms with E-state index >= 15 is 0 Å². The van der Waals surface area contributed by atoms with Crippen LogP contribution in [-0.4, -0.2) is 16.6 Å². The summed E-state index contributed by atoms with van der Waals surface area (Å²) in [7, 11) is 0. The molecule has 0 aliphatic heterocycles. The average molecular weight is 342 g/mol. The lowest BCUT2D eigenvalue weighted by Gasteiger charge is -2.22. The molecule has 2 aromatic rings. The van der Waals surface area contributed by atoms with Gasteiger partial charge in [0.05, 0.1) is 11.1 Å². The molecule has 100 valence electrons. The van der Waals surface area contributed by atoms with E-state index in [9.17, 15) is 5.11 Å². The van der Waals surface area contributed by atoms with Gasteiger partial charge in [-0.2, -0.15) is 0 Å². The first-order valence-corrected chi connectivity index (χ1v) is 7.03. The Labute approximate surface area is 125 Å². The number of hydrogen-bond acceptors (Lipinski definition) is 3. The zero-order chi connectivity index (χ0) is 13.8. The minimum absolute atomic E-state index is 0.203. The molecule has 0 amide bonds. The Morgan fingerprint density at radius 1 is 1.32 bits per heavy atom. The topological polar surface area (TPSA) is 59.1 Å². The minimum Gasteiger partial charge on any atom is -0.388 e. The van der Waals surface area contributed by atoms with E-state index in [-0.39, 0.29) is 5.92 Å². The second kappa shape index (κ2) is 6.48. The summed E-state index contributed by atoms with van der Waals surface area (Å²) in [6.07, 6.45) is 2.71. The maximum absolute atomic E-state index is 10.5. The number of benzene rings is 1. The minimum atomic E-state index is -0.709. The van der Waals surface area contributed by atoms with Crippen LogP contribution in [0.25, 0.3) is 0 Å². The first-order chi connectivity index (χ1) is 9.13. The smallest absolute Gasteiger partial charge is 0.0871 e. The Hall–Kier alpha value is -0.940. The maximum Gasteiger partial charge on any atom is 0.0871 e. The SMILES string of the molecule is NCC(c1cccnc1)C(O)c1ccc(Br)c(Cl)c1. The zero-order valence-electron chi connectivity index (χ0n) is 10.1. The van der Waals surface area contributed by atoms with Crippen molar-refractivity contribution in [3.05, 3.63) is 63.3 Å². The van der Waals surface area contributed by atoms with E-state index in [1.165, 1.54) is 0 Å².